The summed E-state index contributed by atoms with van der Waals surface area (Å²) in [4.78, 5) is 42.5. The number of thioether (sulfide) groups is 1. The van der Waals surface area contributed by atoms with Gasteiger partial charge in [0.25, 0.3) is 5.91 Å². The van der Waals surface area contributed by atoms with E-state index in [4.69, 9.17) is 12.2 Å². The van der Waals surface area contributed by atoms with Crippen LogP contribution >= 0.6 is 35.3 Å². The maximum absolute atomic E-state index is 13.2. The Hall–Kier alpha value is -3.76. The van der Waals surface area contributed by atoms with E-state index in [1.165, 1.54) is 47.9 Å². The molecule has 0 bridgehead atoms. The number of hydrogen-bond donors (Lipinski definition) is 1. The number of halogens is 6. The third kappa shape index (κ3) is 7.35. The van der Waals surface area contributed by atoms with Crippen LogP contribution < -0.4 is 5.32 Å². The average Bonchev–Trinajstić information content (AvgIpc) is 3.50. The summed E-state index contributed by atoms with van der Waals surface area (Å²) in [6.45, 7) is -0.0613. The predicted octanol–water partition coefficient (Wildman–Crippen LogP) is 6.86. The molecule has 0 aliphatic carbocycles. The van der Waals surface area contributed by atoms with Gasteiger partial charge in [0.15, 0.2) is 0 Å². The van der Waals surface area contributed by atoms with Crippen molar-refractivity contribution in [2.75, 3.05) is 19.0 Å². The Morgan fingerprint density at radius 1 is 1.05 bits per heavy atom. The number of pyridine rings is 1. The Balaban J connectivity index is 1.43. The molecule has 4 rings (SSSR count). The molecule has 0 spiro atoms. The maximum atomic E-state index is 13.2. The number of amides is 2. The van der Waals surface area contributed by atoms with Crippen LogP contribution in [0.5, 0.6) is 0 Å². The van der Waals surface area contributed by atoms with Gasteiger partial charge in [0.2, 0.25) is 5.91 Å². The normalized spacial score (nSPS) is 14.9. The lowest BCUT2D eigenvalue weighted by molar-refractivity contribution is -0.143. The van der Waals surface area contributed by atoms with Crippen LogP contribution in [0.4, 0.5) is 32.2 Å². The van der Waals surface area contributed by atoms with Crippen LogP contribution in [-0.2, 0) is 26.7 Å². The third-order valence-electron chi connectivity index (χ3n) is 5.70. The van der Waals surface area contributed by atoms with Gasteiger partial charge in [-0.15, -0.1) is 11.3 Å². The molecule has 220 valence electrons. The van der Waals surface area contributed by atoms with Crippen molar-refractivity contribution in [1.29, 1.82) is 0 Å². The molecule has 0 radical (unpaired) electrons. The summed E-state index contributed by atoms with van der Waals surface area (Å²) in [5, 5.41) is 3.92. The Bertz CT molecular complexity index is 1550. The van der Waals surface area contributed by atoms with Crippen molar-refractivity contribution < 1.29 is 45.5 Å². The molecule has 3 aromatic rings. The van der Waals surface area contributed by atoms with E-state index in [1.54, 1.807) is 0 Å². The van der Waals surface area contributed by atoms with E-state index >= 15 is 0 Å². The van der Waals surface area contributed by atoms with Gasteiger partial charge in [0, 0.05) is 24.0 Å². The molecular weight excluding hydrogens is 628 g/mol. The SMILES string of the molecule is COC(=O)c1ccc(NC(=O)CCN2C(=O)C(=Cc3cc(-c4cc(C(F)(F)F)cc(C(F)(F)F)c4)cs3)SC2=S)nc1. The van der Waals surface area contributed by atoms with Crippen molar-refractivity contribution >= 4 is 69.3 Å². The largest absolute Gasteiger partial charge is 0.465 e. The molecule has 16 heteroatoms. The van der Waals surface area contributed by atoms with Crippen molar-refractivity contribution in [2.24, 2.45) is 0 Å². The summed E-state index contributed by atoms with van der Waals surface area (Å²) in [7, 11) is 1.22. The Morgan fingerprint density at radius 2 is 1.71 bits per heavy atom. The van der Waals surface area contributed by atoms with E-state index in [0.717, 1.165) is 23.1 Å². The molecule has 2 amide bonds. The van der Waals surface area contributed by atoms with Crippen LogP contribution in [0.3, 0.4) is 0 Å². The molecule has 1 N–H and O–H groups in total. The van der Waals surface area contributed by atoms with E-state index in [0.29, 0.717) is 17.0 Å². The van der Waals surface area contributed by atoms with Crippen molar-refractivity contribution in [3.05, 3.63) is 74.4 Å². The number of thiocarbonyl (C=S) groups is 1. The van der Waals surface area contributed by atoms with Crippen LogP contribution in [-0.4, -0.2) is 45.6 Å². The van der Waals surface area contributed by atoms with E-state index < -0.39 is 41.3 Å². The summed E-state index contributed by atoms with van der Waals surface area (Å²) < 4.78 is 84.2. The van der Waals surface area contributed by atoms with Gasteiger partial charge >= 0.3 is 18.3 Å². The molecule has 1 aliphatic rings. The first-order valence-corrected chi connectivity index (χ1v) is 13.7. The van der Waals surface area contributed by atoms with E-state index in [1.807, 2.05) is 0 Å². The van der Waals surface area contributed by atoms with E-state index in [2.05, 4.69) is 15.0 Å². The third-order valence-corrected chi connectivity index (χ3v) is 7.96. The maximum Gasteiger partial charge on any atom is 0.416 e. The second-order valence-corrected chi connectivity index (χ2v) is 11.2. The predicted molar refractivity (Wildman–Crippen MR) is 148 cm³/mol. The molecule has 0 unspecified atom stereocenters. The number of methoxy groups -OCH3 is 1. The van der Waals surface area contributed by atoms with Crippen LogP contribution in [0.2, 0.25) is 0 Å². The number of thiophene rings is 1. The Labute approximate surface area is 247 Å². The highest BCUT2D eigenvalue weighted by Crippen LogP contribution is 2.40. The van der Waals surface area contributed by atoms with Crippen LogP contribution in [0.1, 0.15) is 32.8 Å². The van der Waals surface area contributed by atoms with Crippen LogP contribution in [0, 0.1) is 0 Å². The van der Waals surface area contributed by atoms with Gasteiger partial charge < -0.3 is 10.1 Å². The summed E-state index contributed by atoms with van der Waals surface area (Å²) in [6, 6.07) is 5.52. The van der Waals surface area contributed by atoms with Crippen molar-refractivity contribution in [2.45, 2.75) is 18.8 Å². The van der Waals surface area contributed by atoms with Gasteiger partial charge in [0.05, 0.1) is 28.7 Å². The van der Waals surface area contributed by atoms with Crippen molar-refractivity contribution in [1.82, 2.24) is 9.88 Å². The molecule has 1 aliphatic heterocycles. The number of hydrogen-bond acceptors (Lipinski definition) is 8. The molecule has 0 atom stereocenters. The molecule has 1 fully saturated rings. The number of nitrogens with zero attached hydrogens (tertiary/aromatic N) is 2. The minimum atomic E-state index is -4.98. The number of benzene rings is 1. The summed E-state index contributed by atoms with van der Waals surface area (Å²) in [5.41, 5.74) is -2.83. The minimum Gasteiger partial charge on any atom is -0.465 e. The fourth-order valence-electron chi connectivity index (χ4n) is 3.65. The Kier molecular flexibility index (Phi) is 9.08. The zero-order valence-corrected chi connectivity index (χ0v) is 23.6. The molecule has 7 nitrogen and oxygen atoms in total. The zero-order valence-electron chi connectivity index (χ0n) is 21.1. The van der Waals surface area contributed by atoms with E-state index in [-0.39, 0.29) is 50.8 Å². The van der Waals surface area contributed by atoms with Gasteiger partial charge in [-0.2, -0.15) is 26.3 Å². The van der Waals surface area contributed by atoms with Gasteiger partial charge in [-0.05, 0) is 59.0 Å². The zero-order chi connectivity index (χ0) is 30.8. The molecule has 0 saturated carbocycles. The number of ether oxygens (including phenoxy) is 1. The lowest BCUT2D eigenvalue weighted by atomic mass is 10.0. The first kappa shape index (κ1) is 31.2. The van der Waals surface area contributed by atoms with Gasteiger partial charge in [-0.1, -0.05) is 24.0 Å². The summed E-state index contributed by atoms with van der Waals surface area (Å²) in [5.74, 6) is -1.40. The number of aromatic nitrogens is 1. The highest BCUT2D eigenvalue weighted by molar-refractivity contribution is 8.26. The highest BCUT2D eigenvalue weighted by Gasteiger charge is 2.37. The number of esters is 1. The smallest absolute Gasteiger partial charge is 0.416 e. The van der Waals surface area contributed by atoms with Crippen LogP contribution in [0.15, 0.2) is 52.9 Å². The molecule has 2 aromatic heterocycles. The number of rotatable bonds is 7. The average molecular weight is 646 g/mol. The molecule has 1 saturated heterocycles. The quantitative estimate of drug-likeness (QED) is 0.130. The monoisotopic (exact) mass is 645 g/mol. The molecular formula is C26H17F6N3O4S3. The first-order chi connectivity index (χ1) is 19.7. The number of carbonyl (C=O) groups is 3. The number of anilines is 1. The fraction of sp³-hybridized carbons (Fsp3) is 0.192. The second kappa shape index (κ2) is 12.2. The van der Waals surface area contributed by atoms with Gasteiger partial charge in [-0.25, -0.2) is 9.78 Å². The summed E-state index contributed by atoms with van der Waals surface area (Å²) in [6.07, 6.45) is -7.44. The molecule has 42 heavy (non-hydrogen) atoms. The molecule has 1 aromatic carbocycles. The van der Waals surface area contributed by atoms with Gasteiger partial charge in [0.1, 0.15) is 10.1 Å². The number of nitrogens with one attached hydrogen (secondary N) is 1. The minimum absolute atomic E-state index is 0.0552. The first-order valence-electron chi connectivity index (χ1n) is 11.6. The van der Waals surface area contributed by atoms with E-state index in [9.17, 15) is 40.7 Å². The lowest BCUT2D eigenvalue weighted by Gasteiger charge is -2.14. The topological polar surface area (TPSA) is 88.6 Å². The Morgan fingerprint density at radius 3 is 2.29 bits per heavy atom. The van der Waals surface area contributed by atoms with Gasteiger partial charge in [-0.3, -0.25) is 14.5 Å². The standard InChI is InChI=1S/C26H17F6N3O4S3/c1-39-23(38)13-2-3-20(33-11-13)34-21(36)4-5-35-22(37)19(42-24(35)40)10-18-8-15(12-41-18)14-6-16(25(27,28)29)9-17(7-14)26(30,31)32/h2-3,6-12H,4-5H2,1H3,(H,33,34,36). The van der Waals surface area contributed by atoms with Crippen molar-refractivity contribution in [3.8, 4) is 11.1 Å². The fourth-order valence-corrected chi connectivity index (χ4v) is 5.87. The lowest BCUT2D eigenvalue weighted by Crippen LogP contribution is -2.31. The van der Waals surface area contributed by atoms with Crippen molar-refractivity contribution in [3.63, 3.8) is 0 Å². The summed E-state index contributed by atoms with van der Waals surface area (Å²) >= 11 is 7.22. The number of carbonyl (C=O) groups excluding carboxylic acids is 3. The number of alkyl halides is 6. The highest BCUT2D eigenvalue weighted by atomic mass is 32.2. The molecule has 3 heterocycles. The second-order valence-electron chi connectivity index (χ2n) is 8.59. The van der Waals surface area contributed by atoms with Crippen LogP contribution in [0.25, 0.3) is 17.2 Å².